The van der Waals surface area contributed by atoms with Crippen molar-refractivity contribution in [3.05, 3.63) is 52.2 Å². The topological polar surface area (TPSA) is 115 Å². The molecule has 0 atom stereocenters. The van der Waals surface area contributed by atoms with Gasteiger partial charge in [0.05, 0.1) is 16.3 Å². The molecule has 31 heavy (non-hydrogen) atoms. The van der Waals surface area contributed by atoms with E-state index in [1.165, 1.54) is 32.7 Å². The molecule has 158 valence electrons. The van der Waals surface area contributed by atoms with Crippen LogP contribution >= 0.6 is 34.4 Å². The molecule has 0 aliphatic rings. The molecule has 0 aliphatic carbocycles. The third-order valence-electron chi connectivity index (χ3n) is 4.06. The molecule has 0 radical (unpaired) electrons. The first-order chi connectivity index (χ1) is 15.0. The molecule has 2 amide bonds. The summed E-state index contributed by atoms with van der Waals surface area (Å²) in [5.74, 6) is -0.275. The molecule has 9 nitrogen and oxygen atoms in total. The van der Waals surface area contributed by atoms with Gasteiger partial charge in [-0.15, -0.1) is 27.8 Å². The summed E-state index contributed by atoms with van der Waals surface area (Å²) in [6.07, 6.45) is 0. The Morgan fingerprint density at radius 1 is 1.13 bits per heavy atom. The number of anilines is 2. The number of rotatable bonds is 7. The lowest BCUT2D eigenvalue weighted by atomic mass is 10.2. The van der Waals surface area contributed by atoms with Gasteiger partial charge in [-0.25, -0.2) is 9.67 Å². The molecule has 3 aromatic heterocycles. The number of aryl methyl sites for hydroxylation is 2. The highest BCUT2D eigenvalue weighted by molar-refractivity contribution is 7.99. The molecule has 0 saturated heterocycles. The minimum atomic E-state index is -0.258. The standard InChI is InChI=1S/C19H17N7O2S3/c1-11-3-8-15(31-11)14-9-29-18(21-14)22-17(28)12-4-6-13(7-5-12)20-16(27)10-30-19-23-24-25-26(19)2/h3-9H,10H2,1-2H3,(H,20,27)(H,21,22,28). The second kappa shape index (κ2) is 9.37. The van der Waals surface area contributed by atoms with E-state index in [9.17, 15) is 9.59 Å². The normalized spacial score (nSPS) is 10.8. The first kappa shape index (κ1) is 21.2. The van der Waals surface area contributed by atoms with Crippen LogP contribution in [-0.4, -0.2) is 42.8 Å². The summed E-state index contributed by atoms with van der Waals surface area (Å²) in [6, 6.07) is 10.7. The lowest BCUT2D eigenvalue weighted by molar-refractivity contribution is -0.113. The predicted octanol–water partition coefficient (Wildman–Crippen LogP) is 3.69. The Hall–Kier alpha value is -3.09. The summed E-state index contributed by atoms with van der Waals surface area (Å²) in [5.41, 5.74) is 1.93. The van der Waals surface area contributed by atoms with Gasteiger partial charge in [-0.05, 0) is 53.7 Å². The lowest BCUT2D eigenvalue weighted by Crippen LogP contribution is -2.15. The fourth-order valence-electron chi connectivity index (χ4n) is 2.56. The summed E-state index contributed by atoms with van der Waals surface area (Å²) in [6.45, 7) is 2.05. The monoisotopic (exact) mass is 471 g/mol. The van der Waals surface area contributed by atoms with Crippen molar-refractivity contribution in [3.63, 3.8) is 0 Å². The minimum absolute atomic E-state index is 0.173. The molecule has 4 rings (SSSR count). The zero-order chi connectivity index (χ0) is 21.8. The first-order valence-electron chi connectivity index (χ1n) is 9.07. The van der Waals surface area contributed by atoms with E-state index in [0.717, 1.165) is 10.6 Å². The molecule has 0 unspecified atom stereocenters. The van der Waals surface area contributed by atoms with Gasteiger partial charge in [-0.1, -0.05) is 11.8 Å². The van der Waals surface area contributed by atoms with E-state index in [-0.39, 0.29) is 17.6 Å². The number of thiazole rings is 1. The summed E-state index contributed by atoms with van der Waals surface area (Å²) in [4.78, 5) is 31.4. The fraction of sp³-hybridized carbons (Fsp3) is 0.158. The number of thioether (sulfide) groups is 1. The molecule has 4 aromatic rings. The zero-order valence-corrected chi connectivity index (χ0v) is 19.0. The Labute approximate surface area is 189 Å². The molecule has 0 spiro atoms. The van der Waals surface area contributed by atoms with Crippen LogP contribution < -0.4 is 10.6 Å². The van der Waals surface area contributed by atoms with E-state index in [1.807, 2.05) is 24.4 Å². The van der Waals surface area contributed by atoms with Gasteiger partial charge in [-0.3, -0.25) is 14.9 Å². The number of carbonyl (C=O) groups excluding carboxylic acids is 2. The Bertz CT molecular complexity index is 1210. The second-order valence-corrected chi connectivity index (χ2v) is 9.49. The Morgan fingerprint density at radius 2 is 1.94 bits per heavy atom. The predicted molar refractivity (Wildman–Crippen MR) is 123 cm³/mol. The highest BCUT2D eigenvalue weighted by Gasteiger charge is 2.12. The molecule has 2 N–H and O–H groups in total. The molecule has 0 fully saturated rings. The zero-order valence-electron chi connectivity index (χ0n) is 16.5. The van der Waals surface area contributed by atoms with Crippen molar-refractivity contribution in [2.45, 2.75) is 12.1 Å². The maximum Gasteiger partial charge on any atom is 0.257 e. The number of aromatic nitrogens is 5. The average molecular weight is 472 g/mol. The molecule has 0 aliphatic heterocycles. The van der Waals surface area contributed by atoms with Crippen LogP contribution in [0.5, 0.6) is 0 Å². The highest BCUT2D eigenvalue weighted by Crippen LogP contribution is 2.30. The molecule has 3 heterocycles. The smallest absolute Gasteiger partial charge is 0.257 e. The molecule has 12 heteroatoms. The number of thiophene rings is 1. The van der Waals surface area contributed by atoms with Gasteiger partial charge in [0.15, 0.2) is 5.13 Å². The van der Waals surface area contributed by atoms with Crippen LogP contribution in [-0.2, 0) is 11.8 Å². The van der Waals surface area contributed by atoms with E-state index < -0.39 is 0 Å². The van der Waals surface area contributed by atoms with E-state index in [0.29, 0.717) is 21.5 Å². The van der Waals surface area contributed by atoms with E-state index in [1.54, 1.807) is 42.6 Å². The Morgan fingerprint density at radius 3 is 2.61 bits per heavy atom. The summed E-state index contributed by atoms with van der Waals surface area (Å²) < 4.78 is 1.50. The maximum atomic E-state index is 12.5. The molecule has 1 aromatic carbocycles. The Kier molecular flexibility index (Phi) is 6.39. The number of carbonyl (C=O) groups is 2. The van der Waals surface area contributed by atoms with Crippen LogP contribution in [0.1, 0.15) is 15.2 Å². The van der Waals surface area contributed by atoms with Crippen LogP contribution in [0.4, 0.5) is 10.8 Å². The van der Waals surface area contributed by atoms with Gasteiger partial charge < -0.3 is 5.32 Å². The van der Waals surface area contributed by atoms with Gasteiger partial charge in [-0.2, -0.15) is 0 Å². The van der Waals surface area contributed by atoms with Crippen LogP contribution in [0.25, 0.3) is 10.6 Å². The molecular formula is C19H17N7O2S3. The van der Waals surface area contributed by atoms with Gasteiger partial charge in [0.1, 0.15) is 0 Å². The molecular weight excluding hydrogens is 454 g/mol. The number of hydrogen-bond donors (Lipinski definition) is 2. The second-order valence-electron chi connectivity index (χ2n) is 6.40. The fourth-order valence-corrected chi connectivity index (χ4v) is 4.82. The van der Waals surface area contributed by atoms with Crippen LogP contribution in [0.2, 0.25) is 0 Å². The third kappa shape index (κ3) is 5.34. The largest absolute Gasteiger partial charge is 0.325 e. The number of amides is 2. The maximum absolute atomic E-state index is 12.5. The highest BCUT2D eigenvalue weighted by atomic mass is 32.2. The van der Waals surface area contributed by atoms with Crippen LogP contribution in [0.3, 0.4) is 0 Å². The van der Waals surface area contributed by atoms with Crippen molar-refractivity contribution >= 4 is 57.1 Å². The van der Waals surface area contributed by atoms with E-state index >= 15 is 0 Å². The SMILES string of the molecule is Cc1ccc(-c2csc(NC(=O)c3ccc(NC(=O)CSc4nnnn4C)cc3)n2)s1. The number of nitrogens with zero attached hydrogens (tertiary/aromatic N) is 5. The van der Waals surface area contributed by atoms with Crippen molar-refractivity contribution in [2.24, 2.45) is 7.05 Å². The number of nitrogens with one attached hydrogen (secondary N) is 2. The summed E-state index contributed by atoms with van der Waals surface area (Å²) in [5, 5.41) is 19.7. The van der Waals surface area contributed by atoms with Gasteiger partial charge in [0.2, 0.25) is 11.1 Å². The van der Waals surface area contributed by atoms with Gasteiger partial charge in [0.25, 0.3) is 5.91 Å². The van der Waals surface area contributed by atoms with Crippen LogP contribution in [0.15, 0.2) is 46.9 Å². The quantitative estimate of drug-likeness (QED) is 0.395. The van der Waals surface area contributed by atoms with E-state index in [4.69, 9.17) is 0 Å². The lowest BCUT2D eigenvalue weighted by Gasteiger charge is -2.06. The minimum Gasteiger partial charge on any atom is -0.325 e. The molecule has 0 bridgehead atoms. The first-order valence-corrected chi connectivity index (χ1v) is 11.7. The van der Waals surface area contributed by atoms with Crippen molar-refractivity contribution < 1.29 is 9.59 Å². The van der Waals surface area contributed by atoms with Gasteiger partial charge in [0, 0.05) is 28.6 Å². The third-order valence-corrected chi connectivity index (χ3v) is 6.85. The summed E-state index contributed by atoms with van der Waals surface area (Å²) in [7, 11) is 1.71. The average Bonchev–Trinajstić information content (AvgIpc) is 3.48. The van der Waals surface area contributed by atoms with Crippen molar-refractivity contribution in [1.29, 1.82) is 0 Å². The van der Waals surface area contributed by atoms with Crippen molar-refractivity contribution in [2.75, 3.05) is 16.4 Å². The summed E-state index contributed by atoms with van der Waals surface area (Å²) >= 11 is 4.28. The van der Waals surface area contributed by atoms with E-state index in [2.05, 4.69) is 31.1 Å². The van der Waals surface area contributed by atoms with Crippen molar-refractivity contribution in [3.8, 4) is 10.6 Å². The molecule has 0 saturated carbocycles. The van der Waals surface area contributed by atoms with Gasteiger partial charge >= 0.3 is 0 Å². The number of tetrazole rings is 1. The van der Waals surface area contributed by atoms with Crippen molar-refractivity contribution in [1.82, 2.24) is 25.2 Å². The number of hydrogen-bond acceptors (Lipinski definition) is 9. The van der Waals surface area contributed by atoms with Crippen LogP contribution in [0, 0.1) is 6.92 Å². The Balaban J connectivity index is 1.31. The number of benzene rings is 1.